The van der Waals surface area contributed by atoms with Crippen LogP contribution in [0.25, 0.3) is 0 Å². The molecule has 0 unspecified atom stereocenters. The number of hydrogen-bond donors (Lipinski definition) is 1. The van der Waals surface area contributed by atoms with Crippen LogP contribution in [0.15, 0.2) is 18.7 Å². The van der Waals surface area contributed by atoms with Gasteiger partial charge in [-0.2, -0.15) is 0 Å². The number of imidazole rings is 1. The number of halogens is 2. The molecule has 0 atom stereocenters. The van der Waals surface area contributed by atoms with Gasteiger partial charge in [0.05, 0.1) is 11.9 Å². The van der Waals surface area contributed by atoms with Crippen LogP contribution in [-0.2, 0) is 5.54 Å². The van der Waals surface area contributed by atoms with Gasteiger partial charge in [-0.1, -0.05) is 0 Å². The normalized spacial score (nSPS) is 9.92. The Labute approximate surface area is 85.2 Å². The van der Waals surface area contributed by atoms with Gasteiger partial charge in [0, 0.05) is 18.9 Å². The second kappa shape index (κ2) is 5.41. The summed E-state index contributed by atoms with van der Waals surface area (Å²) in [6, 6.07) is 0. The first-order valence-electron chi connectivity index (χ1n) is 3.35. The van der Waals surface area contributed by atoms with Crippen molar-refractivity contribution in [2.24, 2.45) is 5.73 Å². The monoisotopic (exact) mass is 211 g/mol. The van der Waals surface area contributed by atoms with E-state index in [1.165, 1.54) is 0 Å². The minimum atomic E-state index is -0.00347. The highest BCUT2D eigenvalue weighted by atomic mass is 35.5. The first kappa shape index (κ1) is 14.3. The lowest BCUT2D eigenvalue weighted by molar-refractivity contribution is 0.366. The van der Waals surface area contributed by atoms with Gasteiger partial charge in [0.2, 0.25) is 0 Å². The number of hydrogen-bond acceptors (Lipinski definition) is 2. The summed E-state index contributed by atoms with van der Waals surface area (Å²) in [5.74, 6) is 0. The van der Waals surface area contributed by atoms with E-state index in [2.05, 4.69) is 18.8 Å². The van der Waals surface area contributed by atoms with Gasteiger partial charge in [0.15, 0.2) is 0 Å². The minimum Gasteiger partial charge on any atom is -0.331 e. The van der Waals surface area contributed by atoms with Gasteiger partial charge >= 0.3 is 0 Å². The molecule has 0 radical (unpaired) electrons. The third kappa shape index (κ3) is 3.01. The smallest absolute Gasteiger partial charge is 0.0951 e. The fraction of sp³-hybridized carbons (Fsp3) is 0.571. The van der Waals surface area contributed by atoms with Crippen LogP contribution in [-0.4, -0.2) is 16.1 Å². The predicted molar refractivity (Wildman–Crippen MR) is 55.1 cm³/mol. The minimum absolute atomic E-state index is 0. The molecule has 0 bridgehead atoms. The van der Waals surface area contributed by atoms with E-state index >= 15 is 0 Å². The summed E-state index contributed by atoms with van der Waals surface area (Å²) in [5, 5.41) is 0. The molecule has 0 amide bonds. The van der Waals surface area contributed by atoms with Gasteiger partial charge in [-0.05, 0) is 13.8 Å². The van der Waals surface area contributed by atoms with Crippen LogP contribution in [0.4, 0.5) is 0 Å². The zero-order valence-corrected chi connectivity index (χ0v) is 8.86. The molecule has 0 fully saturated rings. The van der Waals surface area contributed by atoms with Gasteiger partial charge in [-0.3, -0.25) is 0 Å². The fourth-order valence-electron chi connectivity index (χ4n) is 0.723. The number of rotatable bonds is 2. The lowest BCUT2D eigenvalue weighted by Crippen LogP contribution is -2.33. The van der Waals surface area contributed by atoms with Crippen LogP contribution in [0, 0.1) is 0 Å². The standard InChI is InChI=1S/C7H13N3.2ClH/c1-7(2,5-8)10-4-3-9-6-10;;/h3-4,6H,5,8H2,1-2H3;2*1H. The van der Waals surface area contributed by atoms with Crippen LogP contribution in [0.1, 0.15) is 13.8 Å². The molecule has 1 aromatic heterocycles. The van der Waals surface area contributed by atoms with Gasteiger partial charge in [0.25, 0.3) is 0 Å². The quantitative estimate of drug-likeness (QED) is 0.805. The van der Waals surface area contributed by atoms with Crippen molar-refractivity contribution < 1.29 is 0 Å². The summed E-state index contributed by atoms with van der Waals surface area (Å²) in [5.41, 5.74) is 5.55. The number of nitrogens with two attached hydrogens (primary N) is 1. The molecule has 72 valence electrons. The second-order valence-corrected chi connectivity index (χ2v) is 2.99. The van der Waals surface area contributed by atoms with Gasteiger partial charge < -0.3 is 10.3 Å². The van der Waals surface area contributed by atoms with Crippen molar-refractivity contribution in [1.82, 2.24) is 9.55 Å². The lowest BCUT2D eigenvalue weighted by Gasteiger charge is -2.23. The highest BCUT2D eigenvalue weighted by Crippen LogP contribution is 2.10. The molecule has 3 nitrogen and oxygen atoms in total. The van der Waals surface area contributed by atoms with E-state index in [4.69, 9.17) is 5.73 Å². The van der Waals surface area contributed by atoms with E-state index in [9.17, 15) is 0 Å². The zero-order chi connectivity index (χ0) is 7.61. The Morgan fingerprint density at radius 1 is 1.42 bits per heavy atom. The molecule has 12 heavy (non-hydrogen) atoms. The van der Waals surface area contributed by atoms with Gasteiger partial charge in [-0.25, -0.2) is 4.98 Å². The average molecular weight is 212 g/mol. The summed E-state index contributed by atoms with van der Waals surface area (Å²) in [6.45, 7) is 4.78. The molecule has 0 aliphatic heterocycles. The van der Waals surface area contributed by atoms with Crippen LogP contribution in [0.5, 0.6) is 0 Å². The third-order valence-electron chi connectivity index (χ3n) is 1.70. The molecule has 0 spiro atoms. The molecule has 1 aromatic rings. The molecule has 0 aliphatic rings. The Morgan fingerprint density at radius 2 is 2.00 bits per heavy atom. The molecule has 0 aromatic carbocycles. The number of nitrogens with zero attached hydrogens (tertiary/aromatic N) is 2. The topological polar surface area (TPSA) is 43.8 Å². The van der Waals surface area contributed by atoms with Crippen LogP contribution < -0.4 is 5.73 Å². The SMILES string of the molecule is CC(C)(CN)n1ccnc1.Cl.Cl. The van der Waals surface area contributed by atoms with Crippen molar-refractivity contribution >= 4 is 24.8 Å². The highest BCUT2D eigenvalue weighted by molar-refractivity contribution is 5.85. The van der Waals surface area contributed by atoms with E-state index in [0.717, 1.165) is 0 Å². The van der Waals surface area contributed by atoms with Gasteiger partial charge in [0.1, 0.15) is 0 Å². The van der Waals surface area contributed by atoms with E-state index in [1.54, 1.807) is 12.5 Å². The molecule has 1 heterocycles. The van der Waals surface area contributed by atoms with E-state index < -0.39 is 0 Å². The Balaban J connectivity index is 0. The third-order valence-corrected chi connectivity index (χ3v) is 1.70. The molecule has 2 N–H and O–H groups in total. The second-order valence-electron chi connectivity index (χ2n) is 2.99. The average Bonchev–Trinajstić information content (AvgIpc) is 2.38. The molecular formula is C7H15Cl2N3. The van der Waals surface area contributed by atoms with Crippen LogP contribution in [0.2, 0.25) is 0 Å². The summed E-state index contributed by atoms with van der Waals surface area (Å²) >= 11 is 0. The van der Waals surface area contributed by atoms with Crippen molar-refractivity contribution in [2.75, 3.05) is 6.54 Å². The Bertz CT molecular complexity index is 196. The van der Waals surface area contributed by atoms with Crippen molar-refractivity contribution in [3.63, 3.8) is 0 Å². The summed E-state index contributed by atoms with van der Waals surface area (Å²) in [6.07, 6.45) is 5.47. The molecule has 5 heteroatoms. The summed E-state index contributed by atoms with van der Waals surface area (Å²) < 4.78 is 2.01. The largest absolute Gasteiger partial charge is 0.331 e. The molecule has 0 saturated heterocycles. The lowest BCUT2D eigenvalue weighted by atomic mass is 10.1. The Kier molecular flexibility index (Phi) is 6.43. The first-order chi connectivity index (χ1) is 4.67. The maximum atomic E-state index is 5.55. The van der Waals surface area contributed by atoms with Crippen LogP contribution >= 0.6 is 24.8 Å². The summed E-state index contributed by atoms with van der Waals surface area (Å²) in [4.78, 5) is 3.94. The van der Waals surface area contributed by atoms with E-state index in [0.29, 0.717) is 6.54 Å². The van der Waals surface area contributed by atoms with Crippen molar-refractivity contribution in [2.45, 2.75) is 19.4 Å². The van der Waals surface area contributed by atoms with Crippen molar-refractivity contribution in [1.29, 1.82) is 0 Å². The summed E-state index contributed by atoms with van der Waals surface area (Å²) in [7, 11) is 0. The number of aromatic nitrogens is 2. The van der Waals surface area contributed by atoms with Gasteiger partial charge in [-0.15, -0.1) is 24.8 Å². The maximum Gasteiger partial charge on any atom is 0.0951 e. The van der Waals surface area contributed by atoms with Crippen LogP contribution in [0.3, 0.4) is 0 Å². The Morgan fingerprint density at radius 3 is 2.33 bits per heavy atom. The molecule has 0 saturated carbocycles. The van der Waals surface area contributed by atoms with E-state index in [1.807, 2.05) is 10.8 Å². The zero-order valence-electron chi connectivity index (χ0n) is 7.23. The molecular weight excluding hydrogens is 197 g/mol. The Hall–Kier alpha value is -0.250. The first-order valence-corrected chi connectivity index (χ1v) is 3.35. The van der Waals surface area contributed by atoms with Crippen molar-refractivity contribution in [3.8, 4) is 0 Å². The highest BCUT2D eigenvalue weighted by Gasteiger charge is 2.15. The fourth-order valence-corrected chi connectivity index (χ4v) is 0.723. The van der Waals surface area contributed by atoms with Crippen molar-refractivity contribution in [3.05, 3.63) is 18.7 Å². The van der Waals surface area contributed by atoms with E-state index in [-0.39, 0.29) is 30.4 Å². The predicted octanol–water partition coefficient (Wildman–Crippen LogP) is 1.42. The maximum absolute atomic E-state index is 5.55. The molecule has 0 aliphatic carbocycles. The molecule has 1 rings (SSSR count).